The second-order valence-corrected chi connectivity index (χ2v) is 8.58. The van der Waals surface area contributed by atoms with Gasteiger partial charge in [0.2, 0.25) is 0 Å². The van der Waals surface area contributed by atoms with Crippen LogP contribution in [0.1, 0.15) is 55.0 Å². The molecule has 0 saturated carbocycles. The average molecular weight is 457 g/mol. The van der Waals surface area contributed by atoms with Gasteiger partial charge in [0.1, 0.15) is 11.5 Å². The first kappa shape index (κ1) is 23.2. The Hall–Kier alpha value is -3.93. The van der Waals surface area contributed by atoms with Crippen LogP contribution in [0.4, 0.5) is 5.69 Å². The number of carbonyl (C=O) groups is 2. The van der Waals surface area contributed by atoms with Gasteiger partial charge in [0, 0.05) is 23.6 Å². The number of hydrogen-bond donors (Lipinski definition) is 1. The summed E-state index contributed by atoms with van der Waals surface area (Å²) in [6, 6.07) is 15.5. The molecule has 6 nitrogen and oxygen atoms in total. The summed E-state index contributed by atoms with van der Waals surface area (Å²) in [5.74, 6) is -0.751. The molecule has 1 saturated heterocycles. The number of hydrogen-bond acceptors (Lipinski definition) is 5. The topological polar surface area (TPSA) is 79.7 Å². The monoisotopic (exact) mass is 456 g/mol. The zero-order chi connectivity index (χ0) is 24.4. The maximum Gasteiger partial charge on any atom is 0.300 e. The molecule has 1 aliphatic heterocycles. The highest BCUT2D eigenvalue weighted by Crippen LogP contribution is 2.43. The molecule has 3 aromatic rings. The fourth-order valence-electron chi connectivity index (χ4n) is 4.36. The van der Waals surface area contributed by atoms with Gasteiger partial charge >= 0.3 is 0 Å². The van der Waals surface area contributed by atoms with Crippen LogP contribution in [0.25, 0.3) is 5.76 Å². The molecular formula is C28H28N2O4. The van der Waals surface area contributed by atoms with E-state index in [1.807, 2.05) is 52.0 Å². The van der Waals surface area contributed by atoms with E-state index in [1.54, 1.807) is 42.7 Å². The molecule has 0 aliphatic carbocycles. The molecule has 34 heavy (non-hydrogen) atoms. The van der Waals surface area contributed by atoms with Crippen LogP contribution >= 0.6 is 0 Å². The Morgan fingerprint density at radius 1 is 1.12 bits per heavy atom. The van der Waals surface area contributed by atoms with E-state index in [2.05, 4.69) is 4.98 Å². The molecule has 0 radical (unpaired) electrons. The Bertz CT molecular complexity index is 1260. The number of rotatable bonds is 6. The number of pyridine rings is 1. The highest BCUT2D eigenvalue weighted by Gasteiger charge is 2.47. The van der Waals surface area contributed by atoms with Crippen molar-refractivity contribution in [2.45, 2.75) is 39.7 Å². The Kier molecular flexibility index (Phi) is 6.50. The molecular weight excluding hydrogens is 428 g/mol. The summed E-state index contributed by atoms with van der Waals surface area (Å²) < 4.78 is 5.74. The first-order valence-electron chi connectivity index (χ1n) is 11.4. The summed E-state index contributed by atoms with van der Waals surface area (Å²) >= 11 is 0. The number of amides is 1. The van der Waals surface area contributed by atoms with Crippen molar-refractivity contribution >= 4 is 23.1 Å². The van der Waals surface area contributed by atoms with Gasteiger partial charge in [-0.3, -0.25) is 19.5 Å². The Morgan fingerprint density at radius 3 is 2.53 bits per heavy atom. The molecule has 1 fully saturated rings. The number of anilines is 1. The minimum Gasteiger partial charge on any atom is -0.507 e. The maximum atomic E-state index is 13.3. The fraction of sp³-hybridized carbons (Fsp3) is 0.250. The third kappa shape index (κ3) is 4.07. The lowest BCUT2D eigenvalue weighted by molar-refractivity contribution is -0.132. The summed E-state index contributed by atoms with van der Waals surface area (Å²) in [4.78, 5) is 32.3. The van der Waals surface area contributed by atoms with Gasteiger partial charge in [-0.2, -0.15) is 0 Å². The Balaban J connectivity index is 1.93. The number of ether oxygens (including phenoxy) is 1. The smallest absolute Gasteiger partial charge is 0.300 e. The van der Waals surface area contributed by atoms with Crippen LogP contribution in [0.3, 0.4) is 0 Å². The number of benzene rings is 2. The number of aliphatic hydroxyl groups excluding tert-OH is 1. The van der Waals surface area contributed by atoms with Gasteiger partial charge in [0.05, 0.1) is 18.2 Å². The van der Waals surface area contributed by atoms with E-state index in [9.17, 15) is 14.7 Å². The van der Waals surface area contributed by atoms with Crippen LogP contribution in [0.5, 0.6) is 5.75 Å². The Labute approximate surface area is 199 Å². The third-order valence-electron chi connectivity index (χ3n) is 6.02. The number of ketones is 1. The van der Waals surface area contributed by atoms with Gasteiger partial charge in [-0.05, 0) is 66.8 Å². The number of nitrogens with zero attached hydrogens (tertiary/aromatic N) is 2. The first-order chi connectivity index (χ1) is 16.3. The number of para-hydroxylation sites is 1. The standard InChI is InChI=1S/C28H28N2O4/c1-5-34-23-13-12-19(15-21(23)17(2)3)26(31)24-25(20-10-8-14-29-16-20)30(28(33)27(24)32)22-11-7-6-9-18(22)4/h6-17,25,31H,5H2,1-4H3/b26-24-. The van der Waals surface area contributed by atoms with Crippen molar-refractivity contribution in [3.8, 4) is 5.75 Å². The van der Waals surface area contributed by atoms with Crippen molar-refractivity contribution in [3.05, 3.63) is 94.8 Å². The van der Waals surface area contributed by atoms with E-state index in [0.717, 1.165) is 16.9 Å². The van der Waals surface area contributed by atoms with Crippen molar-refractivity contribution in [1.82, 2.24) is 4.98 Å². The van der Waals surface area contributed by atoms with Crippen LogP contribution in [0.15, 0.2) is 72.6 Å². The van der Waals surface area contributed by atoms with Crippen LogP contribution in [0, 0.1) is 6.92 Å². The van der Waals surface area contributed by atoms with Gasteiger partial charge < -0.3 is 9.84 Å². The van der Waals surface area contributed by atoms with E-state index in [-0.39, 0.29) is 17.3 Å². The van der Waals surface area contributed by atoms with Crippen LogP contribution in [-0.2, 0) is 9.59 Å². The average Bonchev–Trinajstić information content (AvgIpc) is 3.10. The van der Waals surface area contributed by atoms with Gasteiger partial charge in [-0.15, -0.1) is 0 Å². The van der Waals surface area contributed by atoms with Crippen molar-refractivity contribution in [3.63, 3.8) is 0 Å². The number of aromatic nitrogens is 1. The lowest BCUT2D eigenvalue weighted by atomic mass is 9.93. The molecule has 1 aliphatic rings. The molecule has 2 heterocycles. The molecule has 0 spiro atoms. The molecule has 1 unspecified atom stereocenters. The second kappa shape index (κ2) is 9.51. The molecule has 6 heteroatoms. The largest absolute Gasteiger partial charge is 0.507 e. The number of carbonyl (C=O) groups excluding carboxylic acids is 2. The van der Waals surface area contributed by atoms with Crippen molar-refractivity contribution in [2.75, 3.05) is 11.5 Å². The molecule has 0 bridgehead atoms. The number of Topliss-reactive ketones (excluding diaryl/α,β-unsaturated/α-hetero) is 1. The SMILES string of the molecule is CCOc1ccc(/C(O)=C2/C(=O)C(=O)N(c3ccccc3C)C2c2cccnc2)cc1C(C)C. The predicted octanol–water partition coefficient (Wildman–Crippen LogP) is 5.54. The summed E-state index contributed by atoms with van der Waals surface area (Å²) in [6.07, 6.45) is 3.25. The van der Waals surface area contributed by atoms with Crippen molar-refractivity contribution in [1.29, 1.82) is 0 Å². The third-order valence-corrected chi connectivity index (χ3v) is 6.02. The molecule has 1 atom stereocenters. The van der Waals surface area contributed by atoms with Gasteiger partial charge in [-0.1, -0.05) is 38.1 Å². The first-order valence-corrected chi connectivity index (χ1v) is 11.4. The van der Waals surface area contributed by atoms with Gasteiger partial charge in [-0.25, -0.2) is 0 Å². The van der Waals surface area contributed by atoms with Crippen molar-refractivity contribution < 1.29 is 19.4 Å². The van der Waals surface area contributed by atoms with E-state index in [0.29, 0.717) is 23.4 Å². The van der Waals surface area contributed by atoms with Crippen LogP contribution < -0.4 is 9.64 Å². The molecule has 1 aromatic heterocycles. The van der Waals surface area contributed by atoms with E-state index < -0.39 is 17.7 Å². The Morgan fingerprint density at radius 2 is 1.88 bits per heavy atom. The number of aliphatic hydroxyl groups is 1. The molecule has 1 N–H and O–H groups in total. The highest BCUT2D eigenvalue weighted by molar-refractivity contribution is 6.51. The lowest BCUT2D eigenvalue weighted by Crippen LogP contribution is -2.30. The fourth-order valence-corrected chi connectivity index (χ4v) is 4.36. The molecule has 1 amide bonds. The molecule has 4 rings (SSSR count). The zero-order valence-corrected chi connectivity index (χ0v) is 19.8. The second-order valence-electron chi connectivity index (χ2n) is 8.58. The minimum absolute atomic E-state index is 0.0418. The van der Waals surface area contributed by atoms with E-state index in [4.69, 9.17) is 4.74 Å². The summed E-state index contributed by atoms with van der Waals surface area (Å²) in [5.41, 5.74) is 3.52. The van der Waals surface area contributed by atoms with Crippen LogP contribution in [-0.4, -0.2) is 28.4 Å². The zero-order valence-electron chi connectivity index (χ0n) is 19.8. The predicted molar refractivity (Wildman–Crippen MR) is 132 cm³/mol. The minimum atomic E-state index is -0.802. The highest BCUT2D eigenvalue weighted by atomic mass is 16.5. The molecule has 2 aromatic carbocycles. The summed E-state index contributed by atoms with van der Waals surface area (Å²) in [7, 11) is 0. The van der Waals surface area contributed by atoms with Gasteiger partial charge in [0.15, 0.2) is 0 Å². The normalized spacial score (nSPS) is 17.4. The quantitative estimate of drug-likeness (QED) is 0.299. The summed E-state index contributed by atoms with van der Waals surface area (Å²) in [6.45, 7) is 8.39. The van der Waals surface area contributed by atoms with E-state index in [1.165, 1.54) is 4.90 Å². The van der Waals surface area contributed by atoms with E-state index >= 15 is 0 Å². The van der Waals surface area contributed by atoms with Crippen LogP contribution in [0.2, 0.25) is 0 Å². The number of aryl methyl sites for hydroxylation is 1. The summed E-state index contributed by atoms with van der Waals surface area (Å²) in [5, 5.41) is 11.4. The lowest BCUT2D eigenvalue weighted by Gasteiger charge is -2.26. The maximum absolute atomic E-state index is 13.3. The van der Waals surface area contributed by atoms with Crippen molar-refractivity contribution in [2.24, 2.45) is 0 Å². The molecule has 174 valence electrons. The van der Waals surface area contributed by atoms with Gasteiger partial charge in [0.25, 0.3) is 11.7 Å².